The van der Waals surface area contributed by atoms with Crippen LogP contribution in [0.25, 0.3) is 11.3 Å². The number of aromatic nitrogens is 1. The van der Waals surface area contributed by atoms with Crippen molar-refractivity contribution in [3.8, 4) is 17.0 Å². The largest absolute Gasteiger partial charge is 0.476 e. The van der Waals surface area contributed by atoms with Crippen LogP contribution in [-0.2, 0) is 22.4 Å². The third-order valence-electron chi connectivity index (χ3n) is 5.82. The first-order valence-electron chi connectivity index (χ1n) is 10.5. The lowest BCUT2D eigenvalue weighted by molar-refractivity contribution is -0.123. The van der Waals surface area contributed by atoms with Crippen LogP contribution in [0.4, 0.5) is 10.8 Å². The number of carbonyl (C=O) groups is 2. The molecule has 2 heterocycles. The lowest BCUT2D eigenvalue weighted by Crippen LogP contribution is -2.48. The molecule has 0 bridgehead atoms. The molecule has 5 rings (SSSR count). The summed E-state index contributed by atoms with van der Waals surface area (Å²) in [5.74, 6) is 0.0857. The Bertz CT molecular complexity index is 1160. The second kappa shape index (κ2) is 8.15. The maximum Gasteiger partial charge on any atom is 0.269 e. The zero-order valence-electron chi connectivity index (χ0n) is 17.3. The highest BCUT2D eigenvalue weighted by molar-refractivity contribution is 7.14. The molecule has 3 aromatic rings. The summed E-state index contributed by atoms with van der Waals surface area (Å²) < 4.78 is 5.87. The number of amides is 2. The van der Waals surface area contributed by atoms with E-state index in [1.54, 1.807) is 11.0 Å². The van der Waals surface area contributed by atoms with Crippen molar-refractivity contribution in [1.82, 2.24) is 4.98 Å². The number of benzene rings is 2. The molecule has 0 saturated heterocycles. The summed E-state index contributed by atoms with van der Waals surface area (Å²) in [5.41, 5.74) is 5.45. The van der Waals surface area contributed by atoms with Crippen LogP contribution in [-0.4, -0.2) is 29.4 Å². The van der Waals surface area contributed by atoms with Crippen molar-refractivity contribution in [2.75, 3.05) is 16.8 Å². The molecule has 1 N–H and O–H groups in total. The van der Waals surface area contributed by atoms with Crippen LogP contribution in [0.5, 0.6) is 5.75 Å². The minimum Gasteiger partial charge on any atom is -0.476 e. The number of aryl methyl sites for hydroxylation is 2. The van der Waals surface area contributed by atoms with E-state index in [9.17, 15) is 9.59 Å². The Morgan fingerprint density at radius 1 is 1.13 bits per heavy atom. The van der Waals surface area contributed by atoms with Crippen molar-refractivity contribution in [3.63, 3.8) is 0 Å². The van der Waals surface area contributed by atoms with Gasteiger partial charge in [0.1, 0.15) is 5.75 Å². The number of hydrogen-bond acceptors (Lipinski definition) is 5. The van der Waals surface area contributed by atoms with Gasteiger partial charge in [-0.25, -0.2) is 4.98 Å². The predicted octanol–water partition coefficient (Wildman–Crippen LogP) is 4.44. The van der Waals surface area contributed by atoms with Gasteiger partial charge in [0.05, 0.1) is 17.9 Å². The highest BCUT2D eigenvalue weighted by Crippen LogP contribution is 2.34. The SMILES string of the molecule is CC(=O)N1CC(C(=O)Nc2nc(-c3ccc4c(c3)CCCC4)cs2)Oc2ccccc21. The number of hydrogen-bond donors (Lipinski definition) is 1. The topological polar surface area (TPSA) is 71.5 Å². The van der Waals surface area contributed by atoms with E-state index in [1.807, 2.05) is 23.6 Å². The zero-order valence-corrected chi connectivity index (χ0v) is 18.1. The molecule has 158 valence electrons. The molecule has 31 heavy (non-hydrogen) atoms. The minimum absolute atomic E-state index is 0.127. The van der Waals surface area contributed by atoms with E-state index < -0.39 is 6.10 Å². The quantitative estimate of drug-likeness (QED) is 0.663. The highest BCUT2D eigenvalue weighted by Gasteiger charge is 2.32. The summed E-state index contributed by atoms with van der Waals surface area (Å²) in [6.45, 7) is 1.66. The Balaban J connectivity index is 1.32. The number of ether oxygens (including phenoxy) is 1. The highest BCUT2D eigenvalue weighted by atomic mass is 32.1. The molecule has 2 aliphatic rings. The van der Waals surface area contributed by atoms with Gasteiger partial charge >= 0.3 is 0 Å². The van der Waals surface area contributed by atoms with Crippen LogP contribution < -0.4 is 15.0 Å². The Kier molecular flexibility index (Phi) is 5.19. The summed E-state index contributed by atoms with van der Waals surface area (Å²) >= 11 is 1.39. The third kappa shape index (κ3) is 3.93. The molecule has 2 aromatic carbocycles. The van der Waals surface area contributed by atoms with Crippen LogP contribution >= 0.6 is 11.3 Å². The fraction of sp³-hybridized carbons (Fsp3) is 0.292. The summed E-state index contributed by atoms with van der Waals surface area (Å²) in [7, 11) is 0. The van der Waals surface area contributed by atoms with Crippen LogP contribution in [0.15, 0.2) is 47.8 Å². The number of para-hydroxylation sites is 2. The van der Waals surface area contributed by atoms with E-state index in [0.717, 1.165) is 24.1 Å². The molecule has 6 nitrogen and oxygen atoms in total. The average Bonchev–Trinajstić information content (AvgIpc) is 3.26. The number of fused-ring (bicyclic) bond motifs is 2. The second-order valence-corrected chi connectivity index (χ2v) is 8.78. The number of anilines is 2. The van der Waals surface area contributed by atoms with Crippen LogP contribution in [0.1, 0.15) is 30.9 Å². The average molecular weight is 434 g/mol. The number of rotatable bonds is 3. The van der Waals surface area contributed by atoms with E-state index in [4.69, 9.17) is 4.74 Å². The standard InChI is InChI=1S/C24H23N3O3S/c1-15(28)27-13-22(30-21-9-5-4-8-20(21)27)23(29)26-24-25-19(14-31-24)18-11-10-16-6-2-3-7-17(16)12-18/h4-5,8-12,14,22H,2-3,6-7,13H2,1H3,(H,25,26,29). The molecule has 0 fully saturated rings. The van der Waals surface area contributed by atoms with Crippen molar-refractivity contribution in [3.05, 3.63) is 59.0 Å². The molecule has 0 spiro atoms. The molecule has 0 saturated carbocycles. The van der Waals surface area contributed by atoms with Gasteiger partial charge in [-0.05, 0) is 55.0 Å². The van der Waals surface area contributed by atoms with Gasteiger partial charge in [-0.15, -0.1) is 11.3 Å². The van der Waals surface area contributed by atoms with Gasteiger partial charge in [0.25, 0.3) is 5.91 Å². The van der Waals surface area contributed by atoms with E-state index in [0.29, 0.717) is 16.6 Å². The van der Waals surface area contributed by atoms with Crippen molar-refractivity contribution < 1.29 is 14.3 Å². The van der Waals surface area contributed by atoms with Crippen LogP contribution in [0, 0.1) is 0 Å². The van der Waals surface area contributed by atoms with E-state index in [2.05, 4.69) is 28.5 Å². The smallest absolute Gasteiger partial charge is 0.269 e. The summed E-state index contributed by atoms with van der Waals surface area (Å²) in [6, 6.07) is 13.8. The summed E-state index contributed by atoms with van der Waals surface area (Å²) in [5, 5.41) is 5.34. The van der Waals surface area contributed by atoms with Crippen LogP contribution in [0.2, 0.25) is 0 Å². The molecule has 1 aromatic heterocycles. The van der Waals surface area contributed by atoms with Crippen molar-refractivity contribution >= 4 is 34.0 Å². The van der Waals surface area contributed by atoms with Gasteiger partial charge in [-0.1, -0.05) is 24.3 Å². The predicted molar refractivity (Wildman–Crippen MR) is 122 cm³/mol. The Hall–Kier alpha value is -3.19. The number of carbonyl (C=O) groups excluding carboxylic acids is 2. The van der Waals surface area contributed by atoms with Gasteiger partial charge in [-0.3, -0.25) is 14.9 Å². The van der Waals surface area contributed by atoms with E-state index in [-0.39, 0.29) is 18.4 Å². The maximum atomic E-state index is 12.9. The molecule has 7 heteroatoms. The summed E-state index contributed by atoms with van der Waals surface area (Å²) in [6.07, 6.45) is 3.96. The minimum atomic E-state index is -0.796. The Morgan fingerprint density at radius 2 is 1.94 bits per heavy atom. The molecule has 2 amide bonds. The molecule has 1 atom stereocenters. The number of nitrogens with one attached hydrogen (secondary N) is 1. The first-order chi connectivity index (χ1) is 15.1. The molecule has 1 aliphatic heterocycles. The molecular formula is C24H23N3O3S. The van der Waals surface area contributed by atoms with Gasteiger partial charge in [-0.2, -0.15) is 0 Å². The lowest BCUT2D eigenvalue weighted by Gasteiger charge is -2.33. The first kappa shape index (κ1) is 19.8. The fourth-order valence-corrected chi connectivity index (χ4v) is 4.93. The molecular weight excluding hydrogens is 410 g/mol. The second-order valence-electron chi connectivity index (χ2n) is 7.92. The maximum absolute atomic E-state index is 12.9. The number of nitrogens with zero attached hydrogens (tertiary/aromatic N) is 2. The van der Waals surface area contributed by atoms with Crippen molar-refractivity contribution in [1.29, 1.82) is 0 Å². The molecule has 0 radical (unpaired) electrons. The zero-order chi connectivity index (χ0) is 21.4. The monoisotopic (exact) mass is 433 g/mol. The van der Waals surface area contributed by atoms with Crippen LogP contribution in [0.3, 0.4) is 0 Å². The lowest BCUT2D eigenvalue weighted by atomic mass is 9.90. The van der Waals surface area contributed by atoms with Crippen molar-refractivity contribution in [2.45, 2.75) is 38.7 Å². The normalized spacial score (nSPS) is 17.3. The number of thiazole rings is 1. The summed E-state index contributed by atoms with van der Waals surface area (Å²) in [4.78, 5) is 31.1. The van der Waals surface area contributed by atoms with Gasteiger partial charge < -0.3 is 9.64 Å². The van der Waals surface area contributed by atoms with Crippen molar-refractivity contribution in [2.24, 2.45) is 0 Å². The van der Waals surface area contributed by atoms with E-state index >= 15 is 0 Å². The molecule has 1 unspecified atom stereocenters. The molecule has 1 aliphatic carbocycles. The van der Waals surface area contributed by atoms with Gasteiger partial charge in [0, 0.05) is 17.9 Å². The third-order valence-corrected chi connectivity index (χ3v) is 6.58. The Morgan fingerprint density at radius 3 is 2.77 bits per heavy atom. The van der Waals surface area contributed by atoms with Gasteiger partial charge in [0.15, 0.2) is 11.2 Å². The first-order valence-corrected chi connectivity index (χ1v) is 11.4. The van der Waals surface area contributed by atoms with Gasteiger partial charge in [0.2, 0.25) is 5.91 Å². The van der Waals surface area contributed by atoms with E-state index in [1.165, 1.54) is 42.2 Å². The Labute approximate surface area is 184 Å². The fourth-order valence-electron chi connectivity index (χ4n) is 4.21.